The summed E-state index contributed by atoms with van der Waals surface area (Å²) in [7, 11) is 0. The molecule has 1 radical (unpaired) electrons. The molecule has 0 fully saturated rings. The van der Waals surface area contributed by atoms with Crippen molar-refractivity contribution in [2.45, 2.75) is 5.37 Å². The van der Waals surface area contributed by atoms with E-state index in [1.54, 1.807) is 0 Å². The minimum absolute atomic E-state index is 0.377. The molecule has 1 atom stereocenters. The van der Waals surface area contributed by atoms with E-state index in [4.69, 9.17) is 0 Å². The number of nitrogens with zero attached hydrogens (tertiary/aromatic N) is 2. The average molecular weight is 131 g/mol. The molecular formula is C3H3N2O2S. The Balaban J connectivity index is 2.41. The van der Waals surface area contributed by atoms with Crippen LogP contribution >= 0.6 is 11.9 Å². The topological polar surface area (TPSA) is 55.5 Å². The molecule has 0 amide bonds. The van der Waals surface area contributed by atoms with Gasteiger partial charge in [-0.25, -0.2) is 4.40 Å². The van der Waals surface area contributed by atoms with Crippen molar-refractivity contribution in [2.75, 3.05) is 0 Å². The Morgan fingerprint density at radius 3 is 2.88 bits per heavy atom. The van der Waals surface area contributed by atoms with Gasteiger partial charge >= 0.3 is 0 Å². The second-order valence-corrected chi connectivity index (χ2v) is 2.13. The van der Waals surface area contributed by atoms with E-state index in [0.29, 0.717) is 0 Å². The first-order valence-corrected chi connectivity index (χ1v) is 2.80. The summed E-state index contributed by atoms with van der Waals surface area (Å²) in [6.45, 7) is 0. The highest BCUT2D eigenvalue weighted by Gasteiger charge is 2.23. The predicted molar refractivity (Wildman–Crippen MR) is 31.2 cm³/mol. The summed E-state index contributed by atoms with van der Waals surface area (Å²) in [5.74, 6) is 0. The number of rotatable bonds is 1. The van der Waals surface area contributed by atoms with Crippen molar-refractivity contribution >= 4 is 18.2 Å². The van der Waals surface area contributed by atoms with Crippen LogP contribution in [0.1, 0.15) is 0 Å². The molecule has 8 heavy (non-hydrogen) atoms. The number of nitro groups is 1. The average Bonchev–Trinajstić information content (AvgIpc) is 2.12. The third-order valence-corrected chi connectivity index (χ3v) is 1.48. The molecule has 1 aliphatic heterocycles. The molecule has 0 saturated heterocycles. The molecule has 0 aromatic rings. The maximum absolute atomic E-state index is 9.88. The summed E-state index contributed by atoms with van der Waals surface area (Å²) < 4.78 is 3.58. The molecular weight excluding hydrogens is 128 g/mol. The van der Waals surface area contributed by atoms with E-state index in [9.17, 15) is 10.1 Å². The molecule has 0 aliphatic carbocycles. The van der Waals surface area contributed by atoms with Crippen LogP contribution in [-0.4, -0.2) is 16.5 Å². The molecule has 0 saturated carbocycles. The monoisotopic (exact) mass is 131 g/mol. The first-order valence-electron chi connectivity index (χ1n) is 1.97. The van der Waals surface area contributed by atoms with Gasteiger partial charge < -0.3 is 0 Å². The number of hydrogen-bond donors (Lipinski definition) is 0. The lowest BCUT2D eigenvalue weighted by molar-refractivity contribution is -0.485. The normalized spacial score (nSPS) is 26.2. The molecule has 0 spiro atoms. The summed E-state index contributed by atoms with van der Waals surface area (Å²) in [4.78, 5) is 9.50. The van der Waals surface area contributed by atoms with Crippen molar-refractivity contribution in [3.8, 4) is 0 Å². The molecule has 0 bridgehead atoms. The quantitative estimate of drug-likeness (QED) is 0.296. The van der Waals surface area contributed by atoms with Crippen LogP contribution in [0.4, 0.5) is 0 Å². The molecule has 5 heteroatoms. The fourth-order valence-electron chi connectivity index (χ4n) is 0.350. The fourth-order valence-corrected chi connectivity index (χ4v) is 0.833. The summed E-state index contributed by atoms with van der Waals surface area (Å²) in [5, 5.41) is 9.23. The van der Waals surface area contributed by atoms with Gasteiger partial charge in [0.15, 0.2) is 0 Å². The van der Waals surface area contributed by atoms with Crippen LogP contribution in [-0.2, 0) is 0 Å². The van der Waals surface area contributed by atoms with Gasteiger partial charge in [-0.15, -0.1) is 0 Å². The summed E-state index contributed by atoms with van der Waals surface area (Å²) in [6.07, 6.45) is 2.89. The largest absolute Gasteiger partial charge is 0.286 e. The second-order valence-electron chi connectivity index (χ2n) is 1.23. The van der Waals surface area contributed by atoms with E-state index < -0.39 is 5.37 Å². The number of hydrogen-bond acceptors (Lipinski definition) is 4. The van der Waals surface area contributed by atoms with Crippen molar-refractivity contribution in [1.82, 2.24) is 0 Å². The lowest BCUT2D eigenvalue weighted by Crippen LogP contribution is -2.11. The highest BCUT2D eigenvalue weighted by Crippen LogP contribution is 2.19. The third kappa shape index (κ3) is 0.975. The first kappa shape index (κ1) is 5.55. The van der Waals surface area contributed by atoms with Crippen molar-refractivity contribution in [1.29, 1.82) is 0 Å². The third-order valence-electron chi connectivity index (χ3n) is 0.688. The van der Waals surface area contributed by atoms with Crippen LogP contribution in [0.5, 0.6) is 0 Å². The van der Waals surface area contributed by atoms with Gasteiger partial charge in [-0.2, -0.15) is 0 Å². The zero-order chi connectivity index (χ0) is 5.98. The van der Waals surface area contributed by atoms with Crippen LogP contribution in [0, 0.1) is 16.5 Å². The molecule has 1 aliphatic rings. The van der Waals surface area contributed by atoms with E-state index >= 15 is 0 Å². The SMILES string of the molecule is O=[N+]([O-])C1[CH]C=NS1. The van der Waals surface area contributed by atoms with Gasteiger partial charge in [0.1, 0.15) is 0 Å². The van der Waals surface area contributed by atoms with Crippen LogP contribution in [0.2, 0.25) is 0 Å². The standard InChI is InChI=1S/C3H3N2O2S/c6-5(7)3-1-2-4-8-3/h1-3H. The Morgan fingerprint density at radius 1 is 1.88 bits per heavy atom. The van der Waals surface area contributed by atoms with E-state index in [-0.39, 0.29) is 4.92 Å². The van der Waals surface area contributed by atoms with Crippen molar-refractivity contribution in [3.63, 3.8) is 0 Å². The lowest BCUT2D eigenvalue weighted by atomic mass is 10.5. The molecule has 0 aromatic heterocycles. The van der Waals surface area contributed by atoms with Crippen LogP contribution < -0.4 is 0 Å². The Bertz CT molecular complexity index is 127. The Hall–Kier alpha value is -0.580. The smallest absolute Gasteiger partial charge is 0.263 e. The summed E-state index contributed by atoms with van der Waals surface area (Å²) >= 11 is 0.965. The van der Waals surface area contributed by atoms with Gasteiger partial charge in [-0.3, -0.25) is 10.1 Å². The van der Waals surface area contributed by atoms with Crippen molar-refractivity contribution in [2.24, 2.45) is 4.40 Å². The minimum atomic E-state index is -0.644. The van der Waals surface area contributed by atoms with Gasteiger partial charge in [-0.1, -0.05) is 0 Å². The summed E-state index contributed by atoms with van der Waals surface area (Å²) in [5.41, 5.74) is 0. The molecule has 0 aromatic carbocycles. The van der Waals surface area contributed by atoms with Gasteiger partial charge in [0.2, 0.25) is 0 Å². The zero-order valence-corrected chi connectivity index (χ0v) is 4.67. The van der Waals surface area contributed by atoms with E-state index in [0.717, 1.165) is 11.9 Å². The van der Waals surface area contributed by atoms with E-state index in [2.05, 4.69) is 4.40 Å². The van der Waals surface area contributed by atoms with Gasteiger partial charge in [0, 0.05) is 11.1 Å². The highest BCUT2D eigenvalue weighted by molar-refractivity contribution is 7.99. The Kier molecular flexibility index (Phi) is 1.48. The second kappa shape index (κ2) is 2.13. The molecule has 1 unspecified atom stereocenters. The Morgan fingerprint density at radius 2 is 2.62 bits per heavy atom. The van der Waals surface area contributed by atoms with Crippen LogP contribution in [0.25, 0.3) is 0 Å². The zero-order valence-electron chi connectivity index (χ0n) is 3.85. The fraction of sp³-hybridized carbons (Fsp3) is 0.333. The van der Waals surface area contributed by atoms with E-state index in [1.807, 2.05) is 0 Å². The van der Waals surface area contributed by atoms with E-state index in [1.165, 1.54) is 12.6 Å². The molecule has 0 N–H and O–H groups in total. The molecule has 43 valence electrons. The van der Waals surface area contributed by atoms with Crippen molar-refractivity contribution in [3.05, 3.63) is 16.5 Å². The van der Waals surface area contributed by atoms with Crippen LogP contribution in [0.3, 0.4) is 0 Å². The lowest BCUT2D eigenvalue weighted by Gasteiger charge is -1.92. The van der Waals surface area contributed by atoms with Gasteiger partial charge in [0.25, 0.3) is 5.37 Å². The van der Waals surface area contributed by atoms with Gasteiger partial charge in [0.05, 0.1) is 18.4 Å². The Labute approximate surface area is 50.3 Å². The van der Waals surface area contributed by atoms with Crippen molar-refractivity contribution < 1.29 is 4.92 Å². The predicted octanol–water partition coefficient (Wildman–Crippen LogP) is 0.526. The highest BCUT2D eigenvalue weighted by atomic mass is 32.2. The maximum Gasteiger partial charge on any atom is 0.286 e. The minimum Gasteiger partial charge on any atom is -0.263 e. The van der Waals surface area contributed by atoms with Crippen LogP contribution in [0.15, 0.2) is 4.40 Å². The first-order chi connectivity index (χ1) is 3.80. The molecule has 1 rings (SSSR count). The summed E-state index contributed by atoms with van der Waals surface area (Å²) in [6, 6.07) is 0. The maximum atomic E-state index is 9.88. The molecule has 4 nitrogen and oxygen atoms in total. The van der Waals surface area contributed by atoms with Gasteiger partial charge in [-0.05, 0) is 0 Å². The molecule has 1 heterocycles.